The molecule has 0 saturated carbocycles. The standard InChI is InChI=1S/C25H36N6O13.C8H10/c26-7-19(32)28-44-15-17-3-1-16(2-4-17)8-27-25(43)18(31(13-23(39)40)14-24(41)42)9-29(10-20(33)34)5-6-30(11-21(35)36)12-22(37)38;1-2-8-6-4-3-5-7-8/h1-4,18H,5-15,26H2,(H,27,43)(H,28,32)(H,33,34)(H,35,36)(H,37,38)(H,39,40)(H,41,42);3-7H,2H2,1H3. The molecule has 19 nitrogen and oxygen atoms in total. The summed E-state index contributed by atoms with van der Waals surface area (Å²) >= 11 is 0. The van der Waals surface area contributed by atoms with Gasteiger partial charge in [-0.05, 0) is 23.1 Å². The molecule has 0 heterocycles. The summed E-state index contributed by atoms with van der Waals surface area (Å²) in [5, 5.41) is 48.8. The monoisotopic (exact) mass is 734 g/mol. The van der Waals surface area contributed by atoms with Gasteiger partial charge in [0.2, 0.25) is 5.91 Å². The maximum Gasteiger partial charge on any atom is 0.317 e. The van der Waals surface area contributed by atoms with E-state index in [4.69, 9.17) is 20.8 Å². The Hall–Kier alpha value is -5.47. The summed E-state index contributed by atoms with van der Waals surface area (Å²) < 4.78 is 0. The fourth-order valence-electron chi connectivity index (χ4n) is 4.55. The minimum atomic E-state index is -1.49. The molecule has 0 radical (unpaired) electrons. The van der Waals surface area contributed by atoms with E-state index in [2.05, 4.69) is 42.0 Å². The number of carbonyl (C=O) groups excluding carboxylic acids is 2. The molecule has 286 valence electrons. The second kappa shape index (κ2) is 24.6. The van der Waals surface area contributed by atoms with Gasteiger partial charge in [-0.2, -0.15) is 0 Å². The summed E-state index contributed by atoms with van der Waals surface area (Å²) in [4.78, 5) is 89.3. The summed E-state index contributed by atoms with van der Waals surface area (Å²) in [5.41, 5.74) is 9.95. The van der Waals surface area contributed by atoms with Crippen molar-refractivity contribution in [1.29, 1.82) is 0 Å². The quantitative estimate of drug-likeness (QED) is 0.0585. The van der Waals surface area contributed by atoms with Gasteiger partial charge in [0.25, 0.3) is 5.91 Å². The van der Waals surface area contributed by atoms with Gasteiger partial charge in [0, 0.05) is 26.2 Å². The number of nitrogens with zero attached hydrogens (tertiary/aromatic N) is 3. The molecule has 0 aromatic heterocycles. The molecular formula is C33H46N6O13. The first-order chi connectivity index (χ1) is 24.6. The van der Waals surface area contributed by atoms with Gasteiger partial charge in [0.15, 0.2) is 0 Å². The number of hydroxylamine groups is 1. The minimum absolute atomic E-state index is 0.0234. The largest absolute Gasteiger partial charge is 0.480 e. The van der Waals surface area contributed by atoms with Crippen molar-refractivity contribution in [2.24, 2.45) is 5.73 Å². The van der Waals surface area contributed by atoms with Crippen LogP contribution in [0.3, 0.4) is 0 Å². The van der Waals surface area contributed by atoms with Gasteiger partial charge in [0.1, 0.15) is 6.04 Å². The van der Waals surface area contributed by atoms with Gasteiger partial charge < -0.3 is 36.6 Å². The van der Waals surface area contributed by atoms with Gasteiger partial charge in [-0.15, -0.1) is 0 Å². The van der Waals surface area contributed by atoms with Gasteiger partial charge in [-0.1, -0.05) is 61.5 Å². The molecular weight excluding hydrogens is 688 g/mol. The maximum absolute atomic E-state index is 13.3. The summed E-state index contributed by atoms with van der Waals surface area (Å²) in [7, 11) is 0. The van der Waals surface area contributed by atoms with Crippen LogP contribution in [0.2, 0.25) is 0 Å². The Balaban J connectivity index is 0.00000148. The van der Waals surface area contributed by atoms with E-state index in [1.807, 2.05) is 6.07 Å². The topological polar surface area (TPSA) is 290 Å². The SMILES string of the molecule is CCc1ccccc1.NCC(=O)NOCc1ccc(CNC(=O)C(CN(CCN(CC(=O)O)CC(=O)O)CC(=O)O)N(CC(=O)O)CC(=O)O)cc1. The average molecular weight is 735 g/mol. The third-order valence-electron chi connectivity index (χ3n) is 7.01. The molecule has 0 bridgehead atoms. The van der Waals surface area contributed by atoms with E-state index >= 15 is 0 Å². The van der Waals surface area contributed by atoms with Gasteiger partial charge in [-0.25, -0.2) is 5.48 Å². The van der Waals surface area contributed by atoms with Crippen LogP contribution in [-0.4, -0.2) is 147 Å². The highest BCUT2D eigenvalue weighted by atomic mass is 16.6. The van der Waals surface area contributed by atoms with Crippen LogP contribution < -0.4 is 16.5 Å². The highest BCUT2D eigenvalue weighted by Gasteiger charge is 2.32. The number of amides is 2. The molecule has 2 aromatic rings. The van der Waals surface area contributed by atoms with E-state index in [0.29, 0.717) is 11.1 Å². The zero-order valence-electron chi connectivity index (χ0n) is 28.7. The molecule has 9 N–H and O–H groups in total. The number of nitrogens with one attached hydrogen (secondary N) is 2. The Labute approximate surface area is 299 Å². The number of carbonyl (C=O) groups is 7. The normalized spacial score (nSPS) is 11.3. The molecule has 2 rings (SSSR count). The van der Waals surface area contributed by atoms with Crippen LogP contribution in [0.25, 0.3) is 0 Å². The van der Waals surface area contributed by atoms with Crippen LogP contribution in [0.1, 0.15) is 23.6 Å². The molecule has 0 aliphatic rings. The van der Waals surface area contributed by atoms with E-state index in [1.54, 1.807) is 24.3 Å². The van der Waals surface area contributed by atoms with Crippen molar-refractivity contribution in [2.75, 3.05) is 58.9 Å². The van der Waals surface area contributed by atoms with Crippen molar-refractivity contribution >= 4 is 41.7 Å². The number of carboxylic acids is 5. The van der Waals surface area contributed by atoms with E-state index in [9.17, 15) is 48.9 Å². The highest BCUT2D eigenvalue weighted by Crippen LogP contribution is 2.09. The van der Waals surface area contributed by atoms with E-state index in [0.717, 1.165) is 21.1 Å². The van der Waals surface area contributed by atoms with Crippen molar-refractivity contribution in [2.45, 2.75) is 32.5 Å². The molecule has 0 aliphatic heterocycles. The molecule has 0 spiro atoms. The lowest BCUT2D eigenvalue weighted by Crippen LogP contribution is -2.56. The van der Waals surface area contributed by atoms with Crippen LogP contribution >= 0.6 is 0 Å². The predicted octanol–water partition coefficient (Wildman–Crippen LogP) is -1.24. The Morgan fingerprint density at radius 2 is 1.15 bits per heavy atom. The first kappa shape index (κ1) is 44.6. The van der Waals surface area contributed by atoms with Crippen LogP contribution in [-0.2, 0) is 58.0 Å². The fourth-order valence-corrected chi connectivity index (χ4v) is 4.55. The molecule has 0 aliphatic carbocycles. The van der Waals surface area contributed by atoms with Gasteiger partial charge in [0.05, 0.1) is 45.9 Å². The third-order valence-corrected chi connectivity index (χ3v) is 7.01. The van der Waals surface area contributed by atoms with Crippen molar-refractivity contribution in [1.82, 2.24) is 25.5 Å². The summed E-state index contributed by atoms with van der Waals surface area (Å²) in [5.74, 6) is -8.28. The maximum atomic E-state index is 13.3. The van der Waals surface area contributed by atoms with Crippen LogP contribution in [0.5, 0.6) is 0 Å². The zero-order chi connectivity index (χ0) is 39.1. The fraction of sp³-hybridized carbons (Fsp3) is 0.424. The van der Waals surface area contributed by atoms with Crippen molar-refractivity contribution in [3.05, 3.63) is 71.3 Å². The molecule has 1 unspecified atom stereocenters. The second-order valence-corrected chi connectivity index (χ2v) is 11.2. The Bertz CT molecular complexity index is 1430. The number of aliphatic carboxylic acids is 5. The number of rotatable bonds is 24. The third kappa shape index (κ3) is 20.3. The van der Waals surface area contributed by atoms with Crippen molar-refractivity contribution in [3.8, 4) is 0 Å². The second-order valence-electron chi connectivity index (χ2n) is 11.2. The van der Waals surface area contributed by atoms with E-state index in [-0.39, 0.29) is 32.8 Å². The first-order valence-corrected chi connectivity index (χ1v) is 15.9. The lowest BCUT2D eigenvalue weighted by atomic mass is 10.1. The number of aryl methyl sites for hydroxylation is 1. The number of hydrogen-bond donors (Lipinski definition) is 8. The summed E-state index contributed by atoms with van der Waals surface area (Å²) in [6.07, 6.45) is 1.14. The van der Waals surface area contributed by atoms with Gasteiger partial charge in [-0.3, -0.25) is 53.1 Å². The van der Waals surface area contributed by atoms with Gasteiger partial charge >= 0.3 is 29.8 Å². The Morgan fingerprint density at radius 3 is 1.62 bits per heavy atom. The van der Waals surface area contributed by atoms with Crippen LogP contribution in [0.15, 0.2) is 54.6 Å². The number of benzene rings is 2. The molecule has 0 fully saturated rings. The van der Waals surface area contributed by atoms with E-state index in [1.165, 1.54) is 5.56 Å². The summed E-state index contributed by atoms with van der Waals surface area (Å²) in [6.45, 7) is -2.96. The lowest BCUT2D eigenvalue weighted by molar-refractivity contribution is -0.146. The Kier molecular flexibility index (Phi) is 21.1. The molecule has 19 heteroatoms. The number of hydrogen-bond acceptors (Lipinski definition) is 12. The molecule has 2 amide bonds. The molecule has 52 heavy (non-hydrogen) atoms. The number of carboxylic acid groups (broad SMARTS) is 5. The first-order valence-electron chi connectivity index (χ1n) is 15.9. The molecule has 2 aromatic carbocycles. The minimum Gasteiger partial charge on any atom is -0.480 e. The number of nitrogens with two attached hydrogens (primary N) is 1. The Morgan fingerprint density at radius 1 is 0.673 bits per heavy atom. The van der Waals surface area contributed by atoms with Crippen molar-refractivity contribution in [3.63, 3.8) is 0 Å². The smallest absolute Gasteiger partial charge is 0.317 e. The van der Waals surface area contributed by atoms with Crippen LogP contribution in [0, 0.1) is 0 Å². The highest BCUT2D eigenvalue weighted by molar-refractivity contribution is 5.84. The van der Waals surface area contributed by atoms with Crippen molar-refractivity contribution < 1.29 is 63.9 Å². The average Bonchev–Trinajstić information content (AvgIpc) is 3.08. The zero-order valence-corrected chi connectivity index (χ0v) is 28.7. The summed E-state index contributed by atoms with van der Waals surface area (Å²) in [6, 6.07) is 15.5. The predicted molar refractivity (Wildman–Crippen MR) is 183 cm³/mol. The molecule has 1 atom stereocenters. The van der Waals surface area contributed by atoms with Crippen LogP contribution in [0.4, 0.5) is 0 Å². The lowest BCUT2D eigenvalue weighted by Gasteiger charge is -2.33. The van der Waals surface area contributed by atoms with E-state index < -0.39 is 87.0 Å². The molecule has 0 saturated heterocycles.